The molecule has 2 rings (SSSR count). The van der Waals surface area contributed by atoms with Crippen molar-refractivity contribution in [2.75, 3.05) is 25.7 Å². The number of nitrogens with two attached hydrogens (primary N) is 1. The van der Waals surface area contributed by atoms with Gasteiger partial charge in [-0.05, 0) is 18.2 Å². The van der Waals surface area contributed by atoms with Crippen molar-refractivity contribution >= 4 is 9.84 Å². The fourth-order valence-electron chi connectivity index (χ4n) is 2.32. The summed E-state index contributed by atoms with van der Waals surface area (Å²) < 4.78 is 33.2. The van der Waals surface area contributed by atoms with Gasteiger partial charge in [0.05, 0.1) is 20.0 Å². The number of ether oxygens (including phenoxy) is 2. The highest BCUT2D eigenvalue weighted by Crippen LogP contribution is 2.27. The van der Waals surface area contributed by atoms with E-state index in [9.17, 15) is 8.42 Å². The Balaban J connectivity index is 1.97. The average Bonchev–Trinajstić information content (AvgIpc) is 2.75. The van der Waals surface area contributed by atoms with Crippen molar-refractivity contribution in [2.24, 2.45) is 0 Å². The van der Waals surface area contributed by atoms with Gasteiger partial charge in [-0.2, -0.15) is 0 Å². The largest absolute Gasteiger partial charge is 0.493 e. The highest BCUT2D eigenvalue weighted by atomic mass is 32.2. The fraction of sp³-hybridized carbons (Fsp3) is 0.538. The molecule has 1 fully saturated rings. The first-order valence-electron chi connectivity index (χ1n) is 6.29. The lowest BCUT2D eigenvalue weighted by molar-refractivity contribution is -0.699. The van der Waals surface area contributed by atoms with Gasteiger partial charge in [-0.15, -0.1) is 0 Å². The van der Waals surface area contributed by atoms with Gasteiger partial charge >= 0.3 is 0 Å². The first-order valence-corrected chi connectivity index (χ1v) is 8.11. The second-order valence-corrected chi connectivity index (χ2v) is 7.02. The van der Waals surface area contributed by atoms with Gasteiger partial charge in [0.15, 0.2) is 21.3 Å². The van der Waals surface area contributed by atoms with E-state index in [1.807, 2.05) is 18.2 Å². The van der Waals surface area contributed by atoms with Crippen LogP contribution >= 0.6 is 0 Å². The van der Waals surface area contributed by atoms with E-state index in [1.165, 1.54) is 0 Å². The van der Waals surface area contributed by atoms with Gasteiger partial charge in [0.25, 0.3) is 0 Å². The van der Waals surface area contributed by atoms with E-state index in [4.69, 9.17) is 9.47 Å². The second kappa shape index (κ2) is 5.79. The number of quaternary nitrogens is 1. The predicted octanol–water partition coefficient (Wildman–Crippen LogP) is -0.0457. The number of hydrogen-bond acceptors (Lipinski definition) is 4. The van der Waals surface area contributed by atoms with E-state index in [0.717, 1.165) is 18.5 Å². The molecule has 0 bridgehead atoms. The molecule has 0 aliphatic carbocycles. The predicted molar refractivity (Wildman–Crippen MR) is 72.2 cm³/mol. The highest BCUT2D eigenvalue weighted by Gasteiger charge is 2.30. The van der Waals surface area contributed by atoms with Gasteiger partial charge in [-0.1, -0.05) is 0 Å². The summed E-state index contributed by atoms with van der Waals surface area (Å²) in [6.45, 7) is 0.751. The van der Waals surface area contributed by atoms with Crippen molar-refractivity contribution in [1.29, 1.82) is 0 Å². The maximum Gasteiger partial charge on any atom is 0.161 e. The van der Waals surface area contributed by atoms with Crippen LogP contribution in [0.3, 0.4) is 0 Å². The van der Waals surface area contributed by atoms with Gasteiger partial charge in [-0.3, -0.25) is 0 Å². The Morgan fingerprint density at radius 3 is 2.58 bits per heavy atom. The molecule has 1 heterocycles. The Bertz CT molecular complexity index is 542. The third-order valence-electron chi connectivity index (χ3n) is 3.40. The zero-order chi connectivity index (χ0) is 13.9. The molecule has 1 atom stereocenters. The molecular formula is C13H20NO4S+. The summed E-state index contributed by atoms with van der Waals surface area (Å²) in [5, 5.41) is 2.09. The molecule has 0 radical (unpaired) electrons. The quantitative estimate of drug-likeness (QED) is 0.824. The standard InChI is InChI=1S/C13H19NO4S/c1-17-12-4-3-10(7-13(12)18-2)8-14-11-5-6-19(15,16)9-11/h3-4,7,11,14H,5-6,8-9H2,1-2H3/p+1/t11-/m0/s1. The minimum Gasteiger partial charge on any atom is -0.493 e. The molecule has 6 heteroatoms. The smallest absolute Gasteiger partial charge is 0.161 e. The van der Waals surface area contributed by atoms with E-state index >= 15 is 0 Å². The molecule has 5 nitrogen and oxygen atoms in total. The zero-order valence-corrected chi connectivity index (χ0v) is 12.1. The van der Waals surface area contributed by atoms with Crippen LogP contribution in [-0.2, 0) is 16.4 Å². The van der Waals surface area contributed by atoms with E-state index in [1.54, 1.807) is 14.2 Å². The molecule has 0 unspecified atom stereocenters. The van der Waals surface area contributed by atoms with Gasteiger partial charge in [0, 0.05) is 12.0 Å². The zero-order valence-electron chi connectivity index (χ0n) is 11.3. The molecule has 1 aliphatic rings. The molecule has 106 valence electrons. The van der Waals surface area contributed by atoms with Gasteiger partial charge in [0.1, 0.15) is 18.3 Å². The molecule has 0 amide bonds. The van der Waals surface area contributed by atoms with Crippen LogP contribution in [0.5, 0.6) is 11.5 Å². The third-order valence-corrected chi connectivity index (χ3v) is 5.20. The summed E-state index contributed by atoms with van der Waals surface area (Å²) >= 11 is 0. The summed E-state index contributed by atoms with van der Waals surface area (Å²) in [6.07, 6.45) is 0.746. The fourth-order valence-corrected chi connectivity index (χ4v) is 4.10. The van der Waals surface area contributed by atoms with Crippen LogP contribution in [0.1, 0.15) is 12.0 Å². The summed E-state index contributed by atoms with van der Waals surface area (Å²) in [5.41, 5.74) is 1.10. The van der Waals surface area contributed by atoms with Crippen LogP contribution in [0.2, 0.25) is 0 Å². The molecule has 0 saturated carbocycles. The summed E-state index contributed by atoms with van der Waals surface area (Å²) in [5.74, 6) is 2.02. The van der Waals surface area contributed by atoms with Gasteiger partial charge in [-0.25, -0.2) is 8.42 Å². The Hall–Kier alpha value is -1.27. The summed E-state index contributed by atoms with van der Waals surface area (Å²) in [7, 11) is 0.411. The highest BCUT2D eigenvalue weighted by molar-refractivity contribution is 7.91. The van der Waals surface area contributed by atoms with Crippen LogP contribution in [0.15, 0.2) is 18.2 Å². The van der Waals surface area contributed by atoms with Crippen LogP contribution in [0, 0.1) is 0 Å². The number of hydrogen-bond donors (Lipinski definition) is 1. The van der Waals surface area contributed by atoms with Crippen LogP contribution in [-0.4, -0.2) is 40.2 Å². The lowest BCUT2D eigenvalue weighted by atomic mass is 10.2. The number of methoxy groups -OCH3 is 2. The van der Waals surface area contributed by atoms with Crippen molar-refractivity contribution in [3.05, 3.63) is 23.8 Å². The average molecular weight is 286 g/mol. The van der Waals surface area contributed by atoms with E-state index in [2.05, 4.69) is 5.32 Å². The Morgan fingerprint density at radius 2 is 2.00 bits per heavy atom. The minimum atomic E-state index is -2.80. The summed E-state index contributed by atoms with van der Waals surface area (Å²) in [4.78, 5) is 0. The topological polar surface area (TPSA) is 69.2 Å². The second-order valence-electron chi connectivity index (χ2n) is 4.79. The van der Waals surface area contributed by atoms with Gasteiger partial charge < -0.3 is 14.8 Å². The lowest BCUT2D eigenvalue weighted by Gasteiger charge is -2.11. The minimum absolute atomic E-state index is 0.179. The Morgan fingerprint density at radius 1 is 1.26 bits per heavy atom. The maximum absolute atomic E-state index is 11.4. The number of sulfone groups is 1. The molecule has 1 aromatic carbocycles. The molecule has 0 aromatic heterocycles. The SMILES string of the molecule is COc1ccc(C[NH2+][C@H]2CCS(=O)(=O)C2)cc1OC. The molecule has 2 N–H and O–H groups in total. The first-order chi connectivity index (χ1) is 9.04. The first kappa shape index (κ1) is 14.1. The van der Waals surface area contributed by atoms with Crippen molar-refractivity contribution in [1.82, 2.24) is 0 Å². The molecule has 19 heavy (non-hydrogen) atoms. The van der Waals surface area contributed by atoms with Crippen LogP contribution < -0.4 is 14.8 Å². The van der Waals surface area contributed by atoms with Crippen molar-refractivity contribution in [3.63, 3.8) is 0 Å². The number of rotatable bonds is 5. The Labute approximate surface area is 113 Å². The number of benzene rings is 1. The summed E-state index contributed by atoms with van der Waals surface area (Å²) in [6, 6.07) is 5.95. The van der Waals surface area contributed by atoms with Crippen molar-refractivity contribution in [3.8, 4) is 11.5 Å². The molecular weight excluding hydrogens is 266 g/mol. The normalized spacial score (nSPS) is 21.3. The third kappa shape index (κ3) is 3.61. The van der Waals surface area contributed by atoms with Gasteiger partial charge in [0.2, 0.25) is 0 Å². The van der Waals surface area contributed by atoms with Crippen molar-refractivity contribution in [2.45, 2.75) is 19.0 Å². The monoisotopic (exact) mass is 286 g/mol. The molecule has 1 saturated heterocycles. The lowest BCUT2D eigenvalue weighted by Crippen LogP contribution is -2.89. The van der Waals surface area contributed by atoms with E-state index in [-0.39, 0.29) is 6.04 Å². The van der Waals surface area contributed by atoms with Crippen LogP contribution in [0.4, 0.5) is 0 Å². The van der Waals surface area contributed by atoms with Crippen molar-refractivity contribution < 1.29 is 23.2 Å². The van der Waals surface area contributed by atoms with E-state index < -0.39 is 9.84 Å². The molecule has 1 aliphatic heterocycles. The van der Waals surface area contributed by atoms with Crippen LogP contribution in [0.25, 0.3) is 0 Å². The Kier molecular flexibility index (Phi) is 4.31. The maximum atomic E-state index is 11.4. The molecule has 0 spiro atoms. The van der Waals surface area contributed by atoms with E-state index in [0.29, 0.717) is 23.0 Å². The molecule has 1 aromatic rings.